The predicted octanol–water partition coefficient (Wildman–Crippen LogP) is 3.43. The van der Waals surface area contributed by atoms with Crippen molar-refractivity contribution in [3.63, 3.8) is 0 Å². The van der Waals surface area contributed by atoms with Crippen molar-refractivity contribution in [3.8, 4) is 5.75 Å². The van der Waals surface area contributed by atoms with Crippen molar-refractivity contribution in [2.24, 2.45) is 0 Å². The first-order valence-electron chi connectivity index (χ1n) is 4.09. The monoisotopic (exact) mass is 261 g/mol. The molecule has 1 aliphatic carbocycles. The average molecular weight is 263 g/mol. The molecule has 0 atom stereocenters. The number of nitrogens with zero attached hydrogens (tertiary/aromatic N) is 1. The van der Waals surface area contributed by atoms with Crippen LogP contribution >= 0.6 is 27.5 Å². The number of hydrogen-bond acceptors (Lipinski definition) is 2. The van der Waals surface area contributed by atoms with E-state index in [9.17, 15) is 0 Å². The summed E-state index contributed by atoms with van der Waals surface area (Å²) < 4.78 is 6.44. The Morgan fingerprint density at radius 1 is 1.62 bits per heavy atom. The van der Waals surface area contributed by atoms with Crippen LogP contribution in [0.15, 0.2) is 16.9 Å². The van der Waals surface area contributed by atoms with Crippen molar-refractivity contribution in [2.45, 2.75) is 25.4 Å². The number of pyridine rings is 1. The number of ether oxygens (including phenoxy) is 1. The molecule has 0 aliphatic heterocycles. The van der Waals surface area contributed by atoms with Gasteiger partial charge in [-0.15, -0.1) is 0 Å². The molecule has 2 nitrogen and oxygen atoms in total. The van der Waals surface area contributed by atoms with Crippen LogP contribution in [0.4, 0.5) is 0 Å². The summed E-state index contributed by atoms with van der Waals surface area (Å²) in [6.07, 6.45) is 3.80. The number of rotatable bonds is 2. The molecule has 0 amide bonds. The Kier molecular flexibility index (Phi) is 2.24. The maximum atomic E-state index is 5.80. The minimum Gasteiger partial charge on any atom is -0.485 e. The van der Waals surface area contributed by atoms with Crippen LogP contribution in [0.5, 0.6) is 5.75 Å². The molecule has 1 aliphatic rings. The van der Waals surface area contributed by atoms with Crippen LogP contribution in [0.2, 0.25) is 5.02 Å². The first kappa shape index (κ1) is 9.28. The summed E-state index contributed by atoms with van der Waals surface area (Å²) in [5.41, 5.74) is 0.00881. The second-order valence-electron chi connectivity index (χ2n) is 3.49. The summed E-state index contributed by atoms with van der Waals surface area (Å²) >= 11 is 9.12. The van der Waals surface area contributed by atoms with E-state index in [1.54, 1.807) is 12.3 Å². The van der Waals surface area contributed by atoms with Gasteiger partial charge in [-0.3, -0.25) is 0 Å². The zero-order valence-electron chi connectivity index (χ0n) is 7.18. The van der Waals surface area contributed by atoms with Gasteiger partial charge in [0.2, 0.25) is 0 Å². The molecule has 1 fully saturated rings. The maximum Gasteiger partial charge on any atom is 0.154 e. The van der Waals surface area contributed by atoms with E-state index in [1.807, 2.05) is 0 Å². The Hall–Kier alpha value is -0.280. The first-order valence-corrected chi connectivity index (χ1v) is 5.26. The van der Waals surface area contributed by atoms with Crippen molar-refractivity contribution in [2.75, 3.05) is 0 Å². The minimum absolute atomic E-state index is 0.00881. The molecule has 0 saturated heterocycles. The first-order chi connectivity index (χ1) is 6.09. The van der Waals surface area contributed by atoms with Gasteiger partial charge < -0.3 is 4.74 Å². The van der Waals surface area contributed by atoms with Crippen molar-refractivity contribution < 1.29 is 4.74 Å². The molecule has 0 aromatic carbocycles. The number of hydrogen-bond donors (Lipinski definition) is 0. The van der Waals surface area contributed by atoms with E-state index in [0.717, 1.165) is 18.6 Å². The highest BCUT2D eigenvalue weighted by molar-refractivity contribution is 9.10. The molecule has 0 bridgehead atoms. The molecule has 0 unspecified atom stereocenters. The fourth-order valence-electron chi connectivity index (χ4n) is 1.02. The molecule has 1 aromatic rings. The van der Waals surface area contributed by atoms with Crippen LogP contribution in [0.3, 0.4) is 0 Å². The summed E-state index contributed by atoms with van der Waals surface area (Å²) in [5, 5.41) is 0.599. The zero-order valence-corrected chi connectivity index (χ0v) is 9.52. The van der Waals surface area contributed by atoms with Gasteiger partial charge in [-0.05, 0) is 35.7 Å². The van der Waals surface area contributed by atoms with Gasteiger partial charge in [0.15, 0.2) is 5.75 Å². The molecule has 4 heteroatoms. The van der Waals surface area contributed by atoms with Gasteiger partial charge in [-0.1, -0.05) is 11.6 Å². The summed E-state index contributed by atoms with van der Waals surface area (Å²) in [7, 11) is 0. The minimum atomic E-state index is 0.00881. The van der Waals surface area contributed by atoms with E-state index < -0.39 is 0 Å². The van der Waals surface area contributed by atoms with Gasteiger partial charge in [0.05, 0.1) is 5.02 Å². The Bertz CT molecular complexity index is 338. The second kappa shape index (κ2) is 3.14. The predicted molar refractivity (Wildman–Crippen MR) is 55.2 cm³/mol. The smallest absolute Gasteiger partial charge is 0.154 e. The van der Waals surface area contributed by atoms with E-state index in [2.05, 4.69) is 27.8 Å². The molecule has 13 heavy (non-hydrogen) atoms. The van der Waals surface area contributed by atoms with Crippen LogP contribution in [0.25, 0.3) is 0 Å². The zero-order chi connectivity index (χ0) is 9.47. The standard InChI is InChI=1S/C9H9BrClNO/c1-9(2-3-9)13-7-4-6(11)5-12-8(7)10/h4-5H,2-3H2,1H3. The van der Waals surface area contributed by atoms with E-state index in [1.165, 1.54) is 0 Å². The fraction of sp³-hybridized carbons (Fsp3) is 0.444. The van der Waals surface area contributed by atoms with Crippen molar-refractivity contribution >= 4 is 27.5 Å². The third-order valence-corrected chi connectivity index (χ3v) is 2.89. The van der Waals surface area contributed by atoms with Crippen molar-refractivity contribution in [3.05, 3.63) is 21.9 Å². The van der Waals surface area contributed by atoms with Crippen molar-refractivity contribution in [1.82, 2.24) is 4.98 Å². The molecule has 0 N–H and O–H groups in total. The molecule has 1 aromatic heterocycles. The normalized spacial score (nSPS) is 18.4. The van der Waals surface area contributed by atoms with Crippen LogP contribution in [-0.2, 0) is 0 Å². The molecule has 1 saturated carbocycles. The molecular formula is C9H9BrClNO. The average Bonchev–Trinajstić information content (AvgIpc) is 2.76. The van der Waals surface area contributed by atoms with Crippen LogP contribution in [-0.4, -0.2) is 10.6 Å². The highest BCUT2D eigenvalue weighted by Gasteiger charge is 2.40. The molecule has 0 radical (unpaired) electrons. The van der Waals surface area contributed by atoms with Gasteiger partial charge in [-0.2, -0.15) is 0 Å². The van der Waals surface area contributed by atoms with E-state index in [4.69, 9.17) is 16.3 Å². The fourth-order valence-corrected chi connectivity index (χ4v) is 1.46. The maximum absolute atomic E-state index is 5.80. The van der Waals surface area contributed by atoms with E-state index >= 15 is 0 Å². The highest BCUT2D eigenvalue weighted by Crippen LogP contribution is 2.41. The quantitative estimate of drug-likeness (QED) is 0.762. The lowest BCUT2D eigenvalue weighted by Gasteiger charge is -2.13. The Balaban J connectivity index is 2.23. The third kappa shape index (κ3) is 2.15. The van der Waals surface area contributed by atoms with Gasteiger partial charge in [-0.25, -0.2) is 4.98 Å². The molecule has 2 rings (SSSR count). The van der Waals surface area contributed by atoms with Gasteiger partial charge in [0, 0.05) is 12.3 Å². The summed E-state index contributed by atoms with van der Waals surface area (Å²) in [6, 6.07) is 1.78. The van der Waals surface area contributed by atoms with Crippen molar-refractivity contribution in [1.29, 1.82) is 0 Å². The molecular weight excluding hydrogens is 253 g/mol. The summed E-state index contributed by atoms with van der Waals surface area (Å²) in [5.74, 6) is 0.729. The topological polar surface area (TPSA) is 22.1 Å². The SMILES string of the molecule is CC1(Oc2cc(Cl)cnc2Br)CC1. The third-order valence-electron chi connectivity index (χ3n) is 2.08. The van der Waals surface area contributed by atoms with Crippen LogP contribution in [0, 0.1) is 0 Å². The lowest BCUT2D eigenvalue weighted by molar-refractivity contribution is 0.198. The Morgan fingerprint density at radius 2 is 2.31 bits per heavy atom. The molecule has 0 spiro atoms. The van der Waals surface area contributed by atoms with Gasteiger partial charge in [0.25, 0.3) is 0 Å². The summed E-state index contributed by atoms with van der Waals surface area (Å²) in [4.78, 5) is 4.05. The molecule has 70 valence electrons. The lowest BCUT2D eigenvalue weighted by atomic mass is 10.4. The van der Waals surface area contributed by atoms with Crippen LogP contribution in [0.1, 0.15) is 19.8 Å². The summed E-state index contributed by atoms with van der Waals surface area (Å²) in [6.45, 7) is 2.08. The van der Waals surface area contributed by atoms with Gasteiger partial charge >= 0.3 is 0 Å². The van der Waals surface area contributed by atoms with Gasteiger partial charge in [0.1, 0.15) is 10.2 Å². The number of aromatic nitrogens is 1. The second-order valence-corrected chi connectivity index (χ2v) is 4.68. The Morgan fingerprint density at radius 3 is 2.92 bits per heavy atom. The molecule has 1 heterocycles. The highest BCUT2D eigenvalue weighted by atomic mass is 79.9. The van der Waals surface area contributed by atoms with Crippen LogP contribution < -0.4 is 4.74 Å². The lowest BCUT2D eigenvalue weighted by Crippen LogP contribution is -2.12. The largest absolute Gasteiger partial charge is 0.485 e. The Labute approximate surface area is 90.4 Å². The van der Waals surface area contributed by atoms with E-state index in [-0.39, 0.29) is 5.60 Å². The van der Waals surface area contributed by atoms with E-state index in [0.29, 0.717) is 9.63 Å². The number of halogens is 2.